The first kappa shape index (κ1) is 16.5. The third kappa shape index (κ3) is 5.74. The van der Waals surface area contributed by atoms with Gasteiger partial charge in [-0.2, -0.15) is 13.2 Å². The predicted octanol–water partition coefficient (Wildman–Crippen LogP) is 2.16. The number of rotatable bonds is 3. The molecule has 0 aromatic heterocycles. The van der Waals surface area contributed by atoms with E-state index in [0.717, 1.165) is 0 Å². The molecule has 0 aliphatic heterocycles. The average molecular weight is 271 g/mol. The van der Waals surface area contributed by atoms with E-state index < -0.39 is 35.8 Å². The number of amides is 1. The topological polar surface area (TPSA) is 75.6 Å². The lowest BCUT2D eigenvalue weighted by atomic mass is 10.0. The van der Waals surface area contributed by atoms with Crippen LogP contribution in [0.25, 0.3) is 0 Å². The molecule has 2 N–H and O–H groups in total. The molecule has 2 atom stereocenters. The normalized spacial score (nSPS) is 15.7. The van der Waals surface area contributed by atoms with Crippen molar-refractivity contribution in [2.24, 2.45) is 5.92 Å². The first-order valence-electron chi connectivity index (χ1n) is 5.13. The van der Waals surface area contributed by atoms with Crippen LogP contribution in [0, 0.1) is 5.92 Å². The van der Waals surface area contributed by atoms with Crippen LogP contribution in [-0.4, -0.2) is 35.0 Å². The fraction of sp³-hybridized carbons (Fsp3) is 0.800. The summed E-state index contributed by atoms with van der Waals surface area (Å²) in [5.41, 5.74) is -0.922. The van der Waals surface area contributed by atoms with Crippen LogP contribution >= 0.6 is 0 Å². The summed E-state index contributed by atoms with van der Waals surface area (Å²) in [6, 6.07) is -2.08. The molecule has 0 bridgehead atoms. The van der Waals surface area contributed by atoms with Crippen LogP contribution < -0.4 is 5.32 Å². The van der Waals surface area contributed by atoms with Gasteiger partial charge in [0, 0.05) is 0 Å². The van der Waals surface area contributed by atoms with Crippen molar-refractivity contribution in [1.29, 1.82) is 0 Å². The Labute approximate surface area is 102 Å². The van der Waals surface area contributed by atoms with Crippen molar-refractivity contribution in [2.75, 3.05) is 0 Å². The Morgan fingerprint density at radius 1 is 1.22 bits per heavy atom. The number of carbonyl (C=O) groups excluding carboxylic acids is 1. The summed E-state index contributed by atoms with van der Waals surface area (Å²) in [4.78, 5) is 22.0. The number of ether oxygens (including phenoxy) is 1. The van der Waals surface area contributed by atoms with Gasteiger partial charge in [0.2, 0.25) is 0 Å². The number of carbonyl (C=O) groups is 2. The van der Waals surface area contributed by atoms with E-state index in [1.807, 2.05) is 0 Å². The number of carboxylic acids is 1. The first-order chi connectivity index (χ1) is 7.84. The zero-order valence-electron chi connectivity index (χ0n) is 10.5. The molecule has 0 aliphatic rings. The summed E-state index contributed by atoms with van der Waals surface area (Å²) in [6.07, 6.45) is -5.93. The van der Waals surface area contributed by atoms with Crippen LogP contribution in [0.1, 0.15) is 27.7 Å². The molecule has 106 valence electrons. The molecule has 0 aromatic carbocycles. The molecule has 1 amide bonds. The van der Waals surface area contributed by atoms with E-state index in [1.54, 1.807) is 5.32 Å². The second kappa shape index (κ2) is 5.45. The van der Waals surface area contributed by atoms with Crippen LogP contribution in [-0.2, 0) is 9.53 Å². The molecule has 8 heteroatoms. The van der Waals surface area contributed by atoms with E-state index in [4.69, 9.17) is 9.84 Å². The molecular weight excluding hydrogens is 255 g/mol. The van der Waals surface area contributed by atoms with E-state index in [1.165, 1.54) is 20.8 Å². The van der Waals surface area contributed by atoms with Gasteiger partial charge >= 0.3 is 18.2 Å². The van der Waals surface area contributed by atoms with Crippen LogP contribution in [0.3, 0.4) is 0 Å². The number of hydrogen-bond acceptors (Lipinski definition) is 3. The highest BCUT2D eigenvalue weighted by Gasteiger charge is 2.45. The van der Waals surface area contributed by atoms with Gasteiger partial charge in [-0.15, -0.1) is 0 Å². The Morgan fingerprint density at radius 3 is 1.94 bits per heavy atom. The number of alkyl carbamates (subject to hydrolysis) is 1. The molecule has 0 spiro atoms. The van der Waals surface area contributed by atoms with Gasteiger partial charge in [0.1, 0.15) is 11.6 Å². The van der Waals surface area contributed by atoms with Crippen LogP contribution in [0.2, 0.25) is 0 Å². The van der Waals surface area contributed by atoms with Crippen molar-refractivity contribution in [3.05, 3.63) is 0 Å². The molecule has 0 aliphatic carbocycles. The lowest BCUT2D eigenvalue weighted by Crippen LogP contribution is -2.50. The Hall–Kier alpha value is -1.47. The van der Waals surface area contributed by atoms with Gasteiger partial charge in [0.05, 0.1) is 5.92 Å². The van der Waals surface area contributed by atoms with Crippen LogP contribution in [0.15, 0.2) is 0 Å². The van der Waals surface area contributed by atoms with Gasteiger partial charge < -0.3 is 15.2 Å². The summed E-state index contributed by atoms with van der Waals surface area (Å²) in [7, 11) is 0. The monoisotopic (exact) mass is 271 g/mol. The Balaban J connectivity index is 4.76. The van der Waals surface area contributed by atoms with E-state index >= 15 is 0 Å². The van der Waals surface area contributed by atoms with Crippen molar-refractivity contribution in [1.82, 2.24) is 5.32 Å². The van der Waals surface area contributed by atoms with Crippen molar-refractivity contribution in [3.8, 4) is 0 Å². The lowest BCUT2D eigenvalue weighted by molar-refractivity contribution is -0.184. The highest BCUT2D eigenvalue weighted by atomic mass is 19.4. The largest absolute Gasteiger partial charge is 0.480 e. The zero-order chi connectivity index (χ0) is 14.7. The van der Waals surface area contributed by atoms with E-state index in [9.17, 15) is 22.8 Å². The summed E-state index contributed by atoms with van der Waals surface area (Å²) in [5.74, 6) is -3.99. The number of nitrogens with one attached hydrogen (secondary N) is 1. The number of alkyl halides is 3. The lowest BCUT2D eigenvalue weighted by Gasteiger charge is -2.25. The second-order valence-corrected chi connectivity index (χ2v) is 4.79. The summed E-state index contributed by atoms with van der Waals surface area (Å²) >= 11 is 0. The number of hydrogen-bond donors (Lipinski definition) is 2. The minimum absolute atomic E-state index is 0.677. The number of carboxylic acid groups (broad SMARTS) is 1. The molecule has 0 rings (SSSR count). The van der Waals surface area contributed by atoms with Crippen LogP contribution in [0.5, 0.6) is 0 Å². The highest BCUT2D eigenvalue weighted by molar-refractivity contribution is 5.80. The molecule has 0 saturated heterocycles. The van der Waals surface area contributed by atoms with Gasteiger partial charge in [0.25, 0.3) is 0 Å². The van der Waals surface area contributed by atoms with Crippen molar-refractivity contribution in [3.63, 3.8) is 0 Å². The molecule has 0 radical (unpaired) electrons. The maximum Gasteiger partial charge on any atom is 0.408 e. The molecule has 0 unspecified atom stereocenters. The van der Waals surface area contributed by atoms with Crippen molar-refractivity contribution >= 4 is 12.1 Å². The van der Waals surface area contributed by atoms with E-state index in [-0.39, 0.29) is 0 Å². The van der Waals surface area contributed by atoms with Crippen LogP contribution in [0.4, 0.5) is 18.0 Å². The van der Waals surface area contributed by atoms with Gasteiger partial charge in [-0.25, -0.2) is 9.59 Å². The highest BCUT2D eigenvalue weighted by Crippen LogP contribution is 2.28. The molecular formula is C10H16F3NO4. The minimum Gasteiger partial charge on any atom is -0.480 e. The predicted molar refractivity (Wildman–Crippen MR) is 56.0 cm³/mol. The Morgan fingerprint density at radius 2 is 1.67 bits per heavy atom. The van der Waals surface area contributed by atoms with Gasteiger partial charge in [-0.1, -0.05) is 6.92 Å². The summed E-state index contributed by atoms with van der Waals surface area (Å²) in [5, 5.41) is 10.4. The fourth-order valence-corrected chi connectivity index (χ4v) is 1.02. The molecule has 18 heavy (non-hydrogen) atoms. The Bertz CT molecular complexity index is 322. The smallest absolute Gasteiger partial charge is 0.408 e. The maximum absolute atomic E-state index is 12.4. The number of halogens is 3. The quantitative estimate of drug-likeness (QED) is 0.824. The van der Waals surface area contributed by atoms with Gasteiger partial charge in [0.15, 0.2) is 0 Å². The SMILES string of the molecule is C[C@H]([C@@H](NC(=O)OC(C)(C)C)C(=O)O)C(F)(F)F. The van der Waals surface area contributed by atoms with Crippen molar-refractivity contribution < 1.29 is 32.6 Å². The molecule has 5 nitrogen and oxygen atoms in total. The molecule has 0 saturated carbocycles. The first-order valence-corrected chi connectivity index (χ1v) is 5.13. The third-order valence-electron chi connectivity index (χ3n) is 1.95. The van der Waals surface area contributed by atoms with E-state index in [2.05, 4.69) is 0 Å². The standard InChI is InChI=1S/C10H16F3NO4/c1-5(10(11,12)13)6(7(15)16)14-8(17)18-9(2,3)4/h5-6H,1-4H3,(H,14,17)(H,15,16)/t5-,6-/m1/s1. The molecule has 0 heterocycles. The zero-order valence-corrected chi connectivity index (χ0v) is 10.5. The summed E-state index contributed by atoms with van der Waals surface area (Å²) in [6.45, 7) is 5.21. The maximum atomic E-state index is 12.4. The molecule has 0 aromatic rings. The average Bonchev–Trinajstić information content (AvgIpc) is 2.08. The minimum atomic E-state index is -4.72. The van der Waals surface area contributed by atoms with Gasteiger partial charge in [-0.05, 0) is 20.8 Å². The van der Waals surface area contributed by atoms with Crippen molar-refractivity contribution in [2.45, 2.75) is 45.5 Å². The Kier molecular flexibility index (Phi) is 5.00. The molecule has 0 fully saturated rings. The number of aliphatic carboxylic acids is 1. The third-order valence-corrected chi connectivity index (χ3v) is 1.95. The fourth-order valence-electron chi connectivity index (χ4n) is 1.02. The second-order valence-electron chi connectivity index (χ2n) is 4.79. The summed E-state index contributed by atoms with van der Waals surface area (Å²) < 4.78 is 41.9. The van der Waals surface area contributed by atoms with E-state index in [0.29, 0.717) is 6.92 Å². The van der Waals surface area contributed by atoms with Gasteiger partial charge in [-0.3, -0.25) is 0 Å².